The summed E-state index contributed by atoms with van der Waals surface area (Å²) in [5.74, 6) is -1.19. The first-order valence-electron chi connectivity index (χ1n) is 8.97. The van der Waals surface area contributed by atoms with Crippen molar-refractivity contribution < 1.29 is 27.5 Å². The van der Waals surface area contributed by atoms with E-state index in [1.165, 1.54) is 24.1 Å². The Morgan fingerprint density at radius 2 is 1.94 bits per heavy atom. The summed E-state index contributed by atoms with van der Waals surface area (Å²) in [6.07, 6.45) is -3.02. The average molecular weight is 469 g/mol. The van der Waals surface area contributed by atoms with Crippen LogP contribution in [0.5, 0.6) is 0 Å². The first kappa shape index (κ1) is 22.9. The number of amidine groups is 1. The minimum atomic E-state index is -4.51. The Morgan fingerprint density at radius 1 is 1.23 bits per heavy atom. The number of hydrogen-bond donors (Lipinski definition) is 0. The van der Waals surface area contributed by atoms with Crippen LogP contribution >= 0.6 is 23.4 Å². The first-order chi connectivity index (χ1) is 14.7. The van der Waals surface area contributed by atoms with E-state index in [1.54, 1.807) is 12.1 Å². The predicted molar refractivity (Wildman–Crippen MR) is 113 cm³/mol. The van der Waals surface area contributed by atoms with Crippen LogP contribution in [0.2, 0.25) is 5.02 Å². The molecule has 0 unspecified atom stereocenters. The molecule has 1 amide bonds. The Balaban J connectivity index is 1.91. The van der Waals surface area contributed by atoms with E-state index in [2.05, 4.69) is 9.73 Å². The number of ether oxygens (including phenoxy) is 1. The number of thioether (sulfide) groups is 1. The summed E-state index contributed by atoms with van der Waals surface area (Å²) in [5, 5.41) is 0.750. The van der Waals surface area contributed by atoms with Gasteiger partial charge in [0, 0.05) is 17.6 Å². The maximum Gasteiger partial charge on any atom is 0.416 e. The lowest BCUT2D eigenvalue weighted by Crippen LogP contribution is -2.31. The van der Waals surface area contributed by atoms with Crippen LogP contribution in [0, 0.1) is 0 Å². The zero-order chi connectivity index (χ0) is 22.6. The molecule has 162 valence electrons. The standard InChI is InChI=1S/C21H16ClF3N2O3S/c1-30-18(28)12-17-19(29)27(10-9-13-5-7-15(22)8-6-13)20(31-17)26-16-4-2-3-14(11-16)21(23,24)25/h2-8,11-12H,9-10H2,1H3/b17-12-,26-20?. The number of rotatable bonds is 5. The van der Waals surface area contributed by atoms with Crippen molar-refractivity contribution >= 4 is 46.1 Å². The lowest BCUT2D eigenvalue weighted by Gasteiger charge is -2.16. The highest BCUT2D eigenvalue weighted by Gasteiger charge is 2.34. The van der Waals surface area contributed by atoms with Crippen molar-refractivity contribution in [3.05, 3.63) is 75.7 Å². The van der Waals surface area contributed by atoms with Gasteiger partial charge in [-0.2, -0.15) is 13.2 Å². The van der Waals surface area contributed by atoms with Gasteiger partial charge < -0.3 is 4.74 Å². The second kappa shape index (κ2) is 9.57. The number of amides is 1. The molecule has 0 spiro atoms. The molecule has 1 heterocycles. The third-order valence-corrected chi connectivity index (χ3v) is 5.53. The Kier molecular flexibility index (Phi) is 7.07. The Bertz CT molecular complexity index is 1050. The van der Waals surface area contributed by atoms with E-state index in [4.69, 9.17) is 11.6 Å². The molecular weight excluding hydrogens is 453 g/mol. The largest absolute Gasteiger partial charge is 0.466 e. The summed E-state index contributed by atoms with van der Waals surface area (Å²) < 4.78 is 43.6. The fraction of sp³-hybridized carbons (Fsp3) is 0.190. The average Bonchev–Trinajstić information content (AvgIpc) is 3.01. The summed E-state index contributed by atoms with van der Waals surface area (Å²) in [4.78, 5) is 30.0. The predicted octanol–water partition coefficient (Wildman–Crippen LogP) is 5.22. The lowest BCUT2D eigenvalue weighted by molar-refractivity contribution is -0.137. The molecule has 2 aromatic rings. The van der Waals surface area contributed by atoms with Gasteiger partial charge in [0.2, 0.25) is 0 Å². The molecule has 1 saturated heterocycles. The van der Waals surface area contributed by atoms with Gasteiger partial charge in [-0.05, 0) is 54.1 Å². The maximum absolute atomic E-state index is 13.0. The Hall–Kier alpha value is -2.78. The minimum Gasteiger partial charge on any atom is -0.466 e. The molecule has 0 N–H and O–H groups in total. The lowest BCUT2D eigenvalue weighted by atomic mass is 10.1. The van der Waals surface area contributed by atoms with Gasteiger partial charge in [0.25, 0.3) is 5.91 Å². The topological polar surface area (TPSA) is 59.0 Å². The van der Waals surface area contributed by atoms with Crippen LogP contribution in [-0.2, 0) is 26.9 Å². The normalized spacial score (nSPS) is 16.9. The van der Waals surface area contributed by atoms with Gasteiger partial charge in [-0.3, -0.25) is 9.69 Å². The molecule has 0 aliphatic carbocycles. The van der Waals surface area contributed by atoms with Crippen LogP contribution in [0.4, 0.5) is 18.9 Å². The van der Waals surface area contributed by atoms with E-state index in [9.17, 15) is 22.8 Å². The van der Waals surface area contributed by atoms with Crippen LogP contribution in [-0.4, -0.2) is 35.6 Å². The van der Waals surface area contributed by atoms with Crippen molar-refractivity contribution in [2.75, 3.05) is 13.7 Å². The third-order valence-electron chi connectivity index (χ3n) is 4.27. The minimum absolute atomic E-state index is 0.0425. The van der Waals surface area contributed by atoms with Crippen LogP contribution in [0.1, 0.15) is 11.1 Å². The summed E-state index contributed by atoms with van der Waals surface area (Å²) in [5.41, 5.74) is 0.105. The van der Waals surface area contributed by atoms with Crippen LogP contribution in [0.3, 0.4) is 0 Å². The first-order valence-corrected chi connectivity index (χ1v) is 10.2. The number of esters is 1. The van der Waals surface area contributed by atoms with Gasteiger partial charge in [0.05, 0.1) is 23.3 Å². The van der Waals surface area contributed by atoms with Crippen molar-refractivity contribution in [2.24, 2.45) is 4.99 Å². The molecule has 1 aliphatic rings. The van der Waals surface area contributed by atoms with Crippen molar-refractivity contribution in [1.29, 1.82) is 0 Å². The van der Waals surface area contributed by atoms with Gasteiger partial charge in [-0.15, -0.1) is 0 Å². The van der Waals surface area contributed by atoms with Crippen LogP contribution in [0.15, 0.2) is 64.5 Å². The molecule has 0 aromatic heterocycles. The molecule has 1 aliphatic heterocycles. The quantitative estimate of drug-likeness (QED) is 0.446. The number of benzene rings is 2. The molecule has 0 radical (unpaired) electrons. The van der Waals surface area contributed by atoms with Crippen molar-refractivity contribution in [1.82, 2.24) is 4.90 Å². The molecule has 0 saturated carbocycles. The van der Waals surface area contributed by atoms with E-state index in [0.717, 1.165) is 35.5 Å². The molecule has 0 bridgehead atoms. The summed E-state index contributed by atoms with van der Waals surface area (Å²) in [7, 11) is 1.18. The number of methoxy groups -OCH3 is 1. The second-order valence-electron chi connectivity index (χ2n) is 6.41. The number of alkyl halides is 3. The monoisotopic (exact) mass is 468 g/mol. The summed E-state index contributed by atoms with van der Waals surface area (Å²) in [6, 6.07) is 11.6. The van der Waals surface area contributed by atoms with Gasteiger partial charge in [0.15, 0.2) is 5.17 Å². The molecule has 2 aromatic carbocycles. The SMILES string of the molecule is COC(=O)/C=C1\SC(=Nc2cccc(C(F)(F)F)c2)N(CCc2ccc(Cl)cc2)C1=O. The Morgan fingerprint density at radius 3 is 2.58 bits per heavy atom. The zero-order valence-corrected chi connectivity index (χ0v) is 17.7. The molecular formula is C21H16ClF3N2O3S. The van der Waals surface area contributed by atoms with E-state index in [1.807, 2.05) is 12.1 Å². The van der Waals surface area contributed by atoms with Crippen molar-refractivity contribution in [2.45, 2.75) is 12.6 Å². The number of hydrogen-bond acceptors (Lipinski definition) is 5. The zero-order valence-electron chi connectivity index (χ0n) is 16.1. The van der Waals surface area contributed by atoms with E-state index < -0.39 is 23.6 Å². The summed E-state index contributed by atoms with van der Waals surface area (Å²) in [6.45, 7) is 0.212. The number of carbonyl (C=O) groups excluding carboxylic acids is 2. The molecule has 10 heteroatoms. The van der Waals surface area contributed by atoms with Crippen molar-refractivity contribution in [3.8, 4) is 0 Å². The maximum atomic E-state index is 13.0. The van der Waals surface area contributed by atoms with Gasteiger partial charge in [-0.1, -0.05) is 29.8 Å². The highest BCUT2D eigenvalue weighted by Crippen LogP contribution is 2.35. The number of carbonyl (C=O) groups is 2. The summed E-state index contributed by atoms with van der Waals surface area (Å²) >= 11 is 6.78. The van der Waals surface area contributed by atoms with Gasteiger partial charge >= 0.3 is 12.1 Å². The number of nitrogens with zero attached hydrogens (tertiary/aromatic N) is 2. The third kappa shape index (κ3) is 5.89. The second-order valence-corrected chi connectivity index (χ2v) is 7.86. The van der Waals surface area contributed by atoms with Gasteiger partial charge in [-0.25, -0.2) is 9.79 Å². The van der Waals surface area contributed by atoms with E-state index >= 15 is 0 Å². The van der Waals surface area contributed by atoms with Crippen LogP contribution < -0.4 is 0 Å². The number of aliphatic imine (C=N–C) groups is 1. The highest BCUT2D eigenvalue weighted by atomic mass is 35.5. The van der Waals surface area contributed by atoms with Crippen molar-refractivity contribution in [3.63, 3.8) is 0 Å². The van der Waals surface area contributed by atoms with Crippen LogP contribution in [0.25, 0.3) is 0 Å². The van der Waals surface area contributed by atoms with Gasteiger partial charge in [0.1, 0.15) is 0 Å². The molecule has 3 rings (SSSR count). The highest BCUT2D eigenvalue weighted by molar-refractivity contribution is 8.18. The molecule has 0 atom stereocenters. The number of halogens is 4. The van der Waals surface area contributed by atoms with E-state index in [-0.39, 0.29) is 22.3 Å². The molecule has 1 fully saturated rings. The van der Waals surface area contributed by atoms with E-state index in [0.29, 0.717) is 11.4 Å². The molecule has 31 heavy (non-hydrogen) atoms. The smallest absolute Gasteiger partial charge is 0.416 e. The Labute approximate surface area is 185 Å². The fourth-order valence-electron chi connectivity index (χ4n) is 2.71. The fourth-order valence-corrected chi connectivity index (χ4v) is 3.82. The molecule has 5 nitrogen and oxygen atoms in total.